The summed E-state index contributed by atoms with van der Waals surface area (Å²) >= 11 is 0. The van der Waals surface area contributed by atoms with Crippen LogP contribution in [0.25, 0.3) is 11.1 Å². The first-order valence-corrected chi connectivity index (χ1v) is 19.4. The lowest BCUT2D eigenvalue weighted by molar-refractivity contribution is 0.0938. The van der Waals surface area contributed by atoms with E-state index in [2.05, 4.69) is 21.3 Å². The van der Waals surface area contributed by atoms with Gasteiger partial charge < -0.3 is 21.3 Å². The van der Waals surface area contributed by atoms with Crippen LogP contribution in [0.4, 0.5) is 17.6 Å². The number of benzene rings is 6. The van der Waals surface area contributed by atoms with E-state index >= 15 is 0 Å². The van der Waals surface area contributed by atoms with Crippen LogP contribution in [0.3, 0.4) is 0 Å². The average molecular weight is 815 g/mol. The molecule has 0 aliphatic rings. The highest BCUT2D eigenvalue weighted by Crippen LogP contribution is 2.26. The predicted molar refractivity (Wildman–Crippen MR) is 222 cm³/mol. The van der Waals surface area contributed by atoms with E-state index < -0.39 is 23.6 Å². The van der Waals surface area contributed by atoms with Crippen LogP contribution in [-0.2, 0) is 25.7 Å². The van der Waals surface area contributed by atoms with Gasteiger partial charge in [0.05, 0.1) is 0 Å². The molecule has 8 nitrogen and oxygen atoms in total. The van der Waals surface area contributed by atoms with Crippen molar-refractivity contribution >= 4 is 23.6 Å². The number of amides is 4. The molecular formula is C48H42F4N4O4. The Kier molecular flexibility index (Phi) is 14.6. The van der Waals surface area contributed by atoms with Gasteiger partial charge >= 0.3 is 0 Å². The molecule has 0 saturated carbocycles. The Morgan fingerprint density at radius 2 is 0.517 bits per heavy atom. The second-order valence-corrected chi connectivity index (χ2v) is 14.1. The molecule has 0 atom stereocenters. The van der Waals surface area contributed by atoms with Gasteiger partial charge in [-0.15, -0.1) is 0 Å². The molecule has 6 rings (SSSR count). The molecular weight excluding hydrogens is 773 g/mol. The zero-order valence-electron chi connectivity index (χ0n) is 32.5. The van der Waals surface area contributed by atoms with E-state index in [0.717, 1.165) is 22.3 Å². The first-order chi connectivity index (χ1) is 29.0. The summed E-state index contributed by atoms with van der Waals surface area (Å²) in [6.45, 7) is 0.848. The molecule has 0 spiro atoms. The SMILES string of the molecule is O=C(NCCc1ccc(F)cc1)c1cc(C(=O)NCCc2ccc(F)cc2)cc(-c2cc(C(=O)NCCc3ccc(F)cc3)cc(C(=O)NCCc3ccc(F)cc3)c2)c1. The number of rotatable bonds is 17. The van der Waals surface area contributed by atoms with Crippen LogP contribution < -0.4 is 21.3 Å². The van der Waals surface area contributed by atoms with Crippen LogP contribution >= 0.6 is 0 Å². The molecule has 0 radical (unpaired) electrons. The van der Waals surface area contributed by atoms with E-state index in [-0.39, 0.29) is 71.7 Å². The lowest BCUT2D eigenvalue weighted by atomic mass is 9.95. The minimum Gasteiger partial charge on any atom is -0.352 e. The monoisotopic (exact) mass is 814 g/mol. The van der Waals surface area contributed by atoms with Crippen molar-refractivity contribution in [3.63, 3.8) is 0 Å². The van der Waals surface area contributed by atoms with Gasteiger partial charge in [-0.3, -0.25) is 19.2 Å². The summed E-state index contributed by atoms with van der Waals surface area (Å²) in [5.41, 5.74) is 4.50. The van der Waals surface area contributed by atoms with Crippen molar-refractivity contribution in [2.45, 2.75) is 25.7 Å². The number of carbonyl (C=O) groups excluding carboxylic acids is 4. The summed E-state index contributed by atoms with van der Waals surface area (Å²) < 4.78 is 53.7. The summed E-state index contributed by atoms with van der Waals surface area (Å²) in [5.74, 6) is -3.47. The van der Waals surface area contributed by atoms with Gasteiger partial charge in [0.25, 0.3) is 23.6 Å². The van der Waals surface area contributed by atoms with Gasteiger partial charge in [-0.05, 0) is 144 Å². The fourth-order valence-corrected chi connectivity index (χ4v) is 6.41. The van der Waals surface area contributed by atoms with Crippen LogP contribution in [0.15, 0.2) is 133 Å². The van der Waals surface area contributed by atoms with Gasteiger partial charge in [0.1, 0.15) is 23.3 Å². The Bertz CT molecular complexity index is 2100. The summed E-state index contributed by atoms with van der Waals surface area (Å²) in [5, 5.41) is 11.4. The second-order valence-electron chi connectivity index (χ2n) is 14.1. The highest BCUT2D eigenvalue weighted by molar-refractivity contribution is 6.04. The van der Waals surface area contributed by atoms with Crippen molar-refractivity contribution in [3.05, 3.63) is 201 Å². The van der Waals surface area contributed by atoms with Crippen LogP contribution in [0.2, 0.25) is 0 Å². The van der Waals surface area contributed by atoms with Crippen LogP contribution in [0.5, 0.6) is 0 Å². The van der Waals surface area contributed by atoms with E-state index in [1.807, 2.05) is 0 Å². The lowest BCUT2D eigenvalue weighted by Crippen LogP contribution is -2.28. The molecule has 0 saturated heterocycles. The molecule has 306 valence electrons. The molecule has 0 aliphatic heterocycles. The molecule has 6 aromatic rings. The third-order valence-corrected chi connectivity index (χ3v) is 9.70. The molecule has 0 aliphatic carbocycles. The number of hydrogen-bond donors (Lipinski definition) is 4. The Hall–Kier alpha value is -7.08. The fourth-order valence-electron chi connectivity index (χ4n) is 6.41. The normalized spacial score (nSPS) is 10.8. The van der Waals surface area contributed by atoms with Gasteiger partial charge in [-0.25, -0.2) is 17.6 Å². The van der Waals surface area contributed by atoms with Crippen LogP contribution in [0, 0.1) is 23.3 Å². The maximum atomic E-state index is 13.6. The minimum atomic E-state index is -0.493. The summed E-state index contributed by atoms with van der Waals surface area (Å²) in [6, 6.07) is 32.8. The van der Waals surface area contributed by atoms with Crippen molar-refractivity contribution in [1.29, 1.82) is 0 Å². The van der Waals surface area contributed by atoms with E-state index in [0.29, 0.717) is 36.8 Å². The van der Waals surface area contributed by atoms with Crippen molar-refractivity contribution < 1.29 is 36.7 Å². The highest BCUT2D eigenvalue weighted by atomic mass is 19.1. The molecule has 0 fully saturated rings. The third kappa shape index (κ3) is 12.5. The Labute approximate surface area is 345 Å². The maximum absolute atomic E-state index is 13.6. The van der Waals surface area contributed by atoms with Gasteiger partial charge in [0.15, 0.2) is 0 Å². The van der Waals surface area contributed by atoms with Gasteiger partial charge in [-0.1, -0.05) is 48.5 Å². The summed E-state index contributed by atoms with van der Waals surface area (Å²) in [6.07, 6.45) is 1.67. The lowest BCUT2D eigenvalue weighted by Gasteiger charge is -2.14. The highest BCUT2D eigenvalue weighted by Gasteiger charge is 2.18. The fraction of sp³-hybridized carbons (Fsp3) is 0.167. The molecule has 0 unspecified atom stereocenters. The largest absolute Gasteiger partial charge is 0.352 e. The molecule has 0 aromatic heterocycles. The Morgan fingerprint density at radius 3 is 0.717 bits per heavy atom. The number of hydrogen-bond acceptors (Lipinski definition) is 4. The van der Waals surface area contributed by atoms with Gasteiger partial charge in [-0.2, -0.15) is 0 Å². The van der Waals surface area contributed by atoms with E-state index in [9.17, 15) is 36.7 Å². The number of halogens is 4. The predicted octanol–water partition coefficient (Wildman–Crippen LogP) is 7.80. The summed E-state index contributed by atoms with van der Waals surface area (Å²) in [7, 11) is 0. The van der Waals surface area contributed by atoms with Crippen molar-refractivity contribution in [3.8, 4) is 11.1 Å². The number of carbonyl (C=O) groups is 4. The average Bonchev–Trinajstić information content (AvgIpc) is 3.26. The standard InChI is InChI=1S/C48H42F4N4O4/c49-41-9-1-31(2-10-41)17-21-53-45(57)37-25-35(26-38(29-37)46(58)54-22-18-32-3-11-42(50)12-4-32)36-27-39(47(59)55-23-19-33-5-13-43(51)14-6-33)30-40(28-36)48(60)56-24-20-34-7-15-44(52)16-8-34/h1-16,25-30H,17-24H2,(H,53,57)(H,54,58)(H,55,59)(H,56,60). The zero-order valence-corrected chi connectivity index (χ0v) is 32.5. The molecule has 12 heteroatoms. The maximum Gasteiger partial charge on any atom is 0.251 e. The zero-order chi connectivity index (χ0) is 42.4. The molecule has 0 bridgehead atoms. The smallest absolute Gasteiger partial charge is 0.251 e. The number of nitrogens with one attached hydrogen (secondary N) is 4. The first kappa shape index (κ1) is 42.5. The van der Waals surface area contributed by atoms with Crippen LogP contribution in [0.1, 0.15) is 63.7 Å². The molecule has 4 N–H and O–H groups in total. The van der Waals surface area contributed by atoms with Crippen LogP contribution in [-0.4, -0.2) is 49.8 Å². The van der Waals surface area contributed by atoms with Crippen molar-refractivity contribution in [2.24, 2.45) is 0 Å². The van der Waals surface area contributed by atoms with Crippen molar-refractivity contribution in [1.82, 2.24) is 21.3 Å². The molecule has 6 aromatic carbocycles. The van der Waals surface area contributed by atoms with Gasteiger partial charge in [0, 0.05) is 48.4 Å². The topological polar surface area (TPSA) is 116 Å². The molecule has 4 amide bonds. The van der Waals surface area contributed by atoms with Crippen molar-refractivity contribution in [2.75, 3.05) is 26.2 Å². The second kappa shape index (κ2) is 20.6. The van der Waals surface area contributed by atoms with Gasteiger partial charge in [0.2, 0.25) is 0 Å². The van der Waals surface area contributed by atoms with E-state index in [4.69, 9.17) is 0 Å². The summed E-state index contributed by atoms with van der Waals surface area (Å²) in [4.78, 5) is 54.5. The molecule has 60 heavy (non-hydrogen) atoms. The minimum absolute atomic E-state index is 0.134. The van der Waals surface area contributed by atoms with E-state index in [1.54, 1.807) is 72.8 Å². The quantitative estimate of drug-likeness (QED) is 0.0704. The molecule has 0 heterocycles. The Morgan fingerprint density at radius 1 is 0.317 bits per heavy atom. The third-order valence-electron chi connectivity index (χ3n) is 9.70. The Balaban J connectivity index is 1.28. The first-order valence-electron chi connectivity index (χ1n) is 19.4. The van der Waals surface area contributed by atoms with E-state index in [1.165, 1.54) is 60.7 Å².